The van der Waals surface area contributed by atoms with Crippen LogP contribution < -0.4 is 0 Å². The van der Waals surface area contributed by atoms with E-state index in [0.29, 0.717) is 0 Å². The average Bonchev–Trinajstić information content (AvgIpc) is 1.41. The van der Waals surface area contributed by atoms with E-state index in [0.717, 1.165) is 0 Å². The molecular formula is HAgNO3S. The summed E-state index contributed by atoms with van der Waals surface area (Å²) in [7, 11) is 3.89. The minimum absolute atomic E-state index is 1.50. The standard InChI is InChI=1S/Ag.HNO3.S/c;2-1(3)4;/h;(H,2,3,4);. The van der Waals surface area contributed by atoms with Crippen LogP contribution in [-0.2, 0) is 19.2 Å². The predicted molar refractivity (Wildman–Crippen MR) is 16.4 cm³/mol. The van der Waals surface area contributed by atoms with Crippen LogP contribution in [-0.4, -0.2) is 10.3 Å². The van der Waals surface area contributed by atoms with Crippen molar-refractivity contribution in [3.63, 3.8) is 0 Å². The summed E-state index contributed by atoms with van der Waals surface area (Å²) < 4.78 is 0. The normalized spacial score (nSPS) is 5.00. The maximum atomic E-state index is 8.36. The molecule has 0 fully saturated rings. The van der Waals surface area contributed by atoms with Gasteiger partial charge in [0.2, 0.25) is 0 Å². The van der Waals surface area contributed by atoms with E-state index in [9.17, 15) is 0 Å². The summed E-state index contributed by atoms with van der Waals surface area (Å²) in [6, 6.07) is 0. The Morgan fingerprint density at radius 1 is 1.83 bits per heavy atom. The van der Waals surface area contributed by atoms with Crippen LogP contribution in [0.1, 0.15) is 0 Å². The Balaban J connectivity index is 0. The van der Waals surface area contributed by atoms with Gasteiger partial charge in [-0.1, -0.05) is 0 Å². The van der Waals surface area contributed by atoms with Gasteiger partial charge in [-0.2, -0.15) is 0 Å². The first kappa shape index (κ1) is 9.48. The van der Waals surface area contributed by atoms with Gasteiger partial charge in [0.25, 0.3) is 5.09 Å². The summed E-state index contributed by atoms with van der Waals surface area (Å²) in [5.41, 5.74) is 0. The van der Waals surface area contributed by atoms with E-state index >= 15 is 0 Å². The minimum atomic E-state index is -1.50. The molecule has 0 spiro atoms. The van der Waals surface area contributed by atoms with Crippen LogP contribution >= 0.6 is 9.58 Å². The SMILES string of the molecule is O=[N+]([O-])O.[S]=[Ag]. The second kappa shape index (κ2) is 8.94. The molecule has 0 saturated heterocycles. The zero-order valence-electron chi connectivity index (χ0n) is 2.42. The van der Waals surface area contributed by atoms with Gasteiger partial charge < -0.3 is 5.21 Å². The predicted octanol–water partition coefficient (Wildman–Crippen LogP) is 0.298. The molecule has 0 heterocycles. The third-order valence-electron chi connectivity index (χ3n) is 0. The van der Waals surface area contributed by atoms with Crippen molar-refractivity contribution in [3.05, 3.63) is 10.1 Å². The van der Waals surface area contributed by atoms with E-state index in [4.69, 9.17) is 15.3 Å². The zero-order valence-corrected chi connectivity index (χ0v) is 4.72. The molecule has 6 heavy (non-hydrogen) atoms. The Bertz CT molecular complexity index is 42.1. The van der Waals surface area contributed by atoms with Crippen LogP contribution in [0.3, 0.4) is 0 Å². The molecule has 0 unspecified atom stereocenters. The number of hydrogen-bond acceptors (Lipinski definition) is 3. The molecule has 0 aromatic carbocycles. The van der Waals surface area contributed by atoms with Crippen LogP contribution in [0.15, 0.2) is 0 Å². The van der Waals surface area contributed by atoms with E-state index in [1.54, 1.807) is 0 Å². The molecular weight excluding hydrogens is 202 g/mol. The topological polar surface area (TPSA) is 63.4 Å². The van der Waals surface area contributed by atoms with Crippen LogP contribution in [0.25, 0.3) is 0 Å². The van der Waals surface area contributed by atoms with Gasteiger partial charge in [0.05, 0.1) is 0 Å². The maximum absolute atomic E-state index is 8.36. The van der Waals surface area contributed by atoms with Crippen molar-refractivity contribution in [2.45, 2.75) is 0 Å². The molecule has 0 radical (unpaired) electrons. The van der Waals surface area contributed by atoms with Crippen molar-refractivity contribution in [2.75, 3.05) is 0 Å². The molecule has 4 nitrogen and oxygen atoms in total. The Hall–Kier alpha value is 0.160. The number of hydrogen-bond donors (Lipinski definition) is 1. The van der Waals surface area contributed by atoms with Gasteiger partial charge >= 0.3 is 28.8 Å². The summed E-state index contributed by atoms with van der Waals surface area (Å²) >= 11 is 2.53. The van der Waals surface area contributed by atoms with Gasteiger partial charge in [0.15, 0.2) is 0 Å². The first-order chi connectivity index (χ1) is 2.73. The molecule has 0 rings (SSSR count). The van der Waals surface area contributed by atoms with Crippen molar-refractivity contribution >= 4 is 9.58 Å². The third kappa shape index (κ3) is 1620. The van der Waals surface area contributed by atoms with Crippen LogP contribution in [0, 0.1) is 10.1 Å². The molecule has 0 aromatic heterocycles. The molecule has 1 N–H and O–H groups in total. The number of rotatable bonds is 0. The fraction of sp³-hybridized carbons (Fsp3) is 0. The second-order valence-electron chi connectivity index (χ2n) is 0.238. The van der Waals surface area contributed by atoms with Crippen LogP contribution in [0.5, 0.6) is 0 Å². The summed E-state index contributed by atoms with van der Waals surface area (Å²) in [5.74, 6) is 0. The fourth-order valence-electron chi connectivity index (χ4n) is 0. The summed E-state index contributed by atoms with van der Waals surface area (Å²) in [5, 5.41) is 13.6. The molecule has 0 aliphatic heterocycles. The van der Waals surface area contributed by atoms with Gasteiger partial charge in [0, 0.05) is 0 Å². The van der Waals surface area contributed by atoms with E-state index < -0.39 is 5.09 Å². The van der Waals surface area contributed by atoms with E-state index in [2.05, 4.69) is 28.8 Å². The molecule has 41 valence electrons. The van der Waals surface area contributed by atoms with Gasteiger partial charge in [-0.15, -0.1) is 10.1 Å². The fourth-order valence-corrected chi connectivity index (χ4v) is 0. The molecule has 0 aromatic rings. The molecule has 0 atom stereocenters. The van der Waals surface area contributed by atoms with Gasteiger partial charge in [-0.3, -0.25) is 0 Å². The van der Waals surface area contributed by atoms with Crippen molar-refractivity contribution in [1.82, 2.24) is 0 Å². The molecule has 0 saturated carbocycles. The molecule has 0 amide bonds. The van der Waals surface area contributed by atoms with Gasteiger partial charge in [-0.05, 0) is 0 Å². The first-order valence-electron chi connectivity index (χ1n) is 0.688. The monoisotopic (exact) mass is 202 g/mol. The molecule has 0 bridgehead atoms. The van der Waals surface area contributed by atoms with Crippen molar-refractivity contribution in [2.24, 2.45) is 0 Å². The quantitative estimate of drug-likeness (QED) is 0.349. The van der Waals surface area contributed by atoms with E-state index in [1.807, 2.05) is 0 Å². The van der Waals surface area contributed by atoms with Crippen molar-refractivity contribution in [3.8, 4) is 0 Å². The Labute approximate surface area is 49.5 Å². The average molecular weight is 203 g/mol. The zero-order chi connectivity index (χ0) is 5.58. The van der Waals surface area contributed by atoms with Crippen LogP contribution in [0.2, 0.25) is 0 Å². The van der Waals surface area contributed by atoms with Gasteiger partial charge in [-0.25, -0.2) is 0 Å². The van der Waals surface area contributed by atoms with Crippen molar-refractivity contribution < 1.29 is 29.5 Å². The van der Waals surface area contributed by atoms with Gasteiger partial charge in [0.1, 0.15) is 0 Å². The molecule has 0 aliphatic carbocycles. The molecule has 6 heteroatoms. The second-order valence-corrected chi connectivity index (χ2v) is 0.238. The van der Waals surface area contributed by atoms with Crippen LogP contribution in [0.4, 0.5) is 0 Å². The van der Waals surface area contributed by atoms with E-state index in [-0.39, 0.29) is 0 Å². The molecule has 0 aliphatic rings. The Morgan fingerprint density at radius 3 is 1.83 bits per heavy atom. The van der Waals surface area contributed by atoms with E-state index in [1.165, 1.54) is 0 Å². The van der Waals surface area contributed by atoms with Crippen molar-refractivity contribution in [1.29, 1.82) is 0 Å². The first-order valence-corrected chi connectivity index (χ1v) is 2.75. The summed E-state index contributed by atoms with van der Waals surface area (Å²) in [6.45, 7) is 0. The number of nitrogens with zero attached hydrogens (tertiary/aromatic N) is 1. The third-order valence-corrected chi connectivity index (χ3v) is 0. The summed E-state index contributed by atoms with van der Waals surface area (Å²) in [6.07, 6.45) is 0. The summed E-state index contributed by atoms with van der Waals surface area (Å²) in [4.78, 5) is 8.36. The Kier molecular flexibility index (Phi) is 14.1. The Morgan fingerprint density at radius 2 is 1.83 bits per heavy atom.